The van der Waals surface area contributed by atoms with Gasteiger partial charge in [0.15, 0.2) is 0 Å². The van der Waals surface area contributed by atoms with Crippen LogP contribution in [0.2, 0.25) is 0 Å². The predicted molar refractivity (Wildman–Crippen MR) is 46.6 cm³/mol. The Morgan fingerprint density at radius 3 is 2.33 bits per heavy atom. The number of benzene rings is 1. The zero-order valence-electron chi connectivity index (χ0n) is 6.77. The molecule has 12 heavy (non-hydrogen) atoms. The van der Waals surface area contributed by atoms with E-state index in [-0.39, 0.29) is 5.75 Å². The van der Waals surface area contributed by atoms with Crippen molar-refractivity contribution in [2.45, 2.75) is 19.1 Å². The summed E-state index contributed by atoms with van der Waals surface area (Å²) in [5.41, 5.74) is 6.24. The fraction of sp³-hybridized carbons (Fsp3) is 0.333. The van der Waals surface area contributed by atoms with E-state index in [0.29, 0.717) is 6.42 Å². The average Bonchev–Trinajstić information content (AvgIpc) is 2.03. The Hall–Kier alpha value is -1.06. The minimum absolute atomic E-state index is 0.257. The van der Waals surface area contributed by atoms with Crippen molar-refractivity contribution in [1.82, 2.24) is 0 Å². The summed E-state index contributed by atoms with van der Waals surface area (Å²) in [7, 11) is 0. The van der Waals surface area contributed by atoms with Crippen LogP contribution in [0.25, 0.3) is 0 Å². The van der Waals surface area contributed by atoms with Crippen LogP contribution in [-0.2, 0) is 6.42 Å². The molecule has 66 valence electrons. The molecule has 1 aromatic rings. The summed E-state index contributed by atoms with van der Waals surface area (Å²) in [6.45, 7) is 0. The molecule has 0 amide bonds. The first-order valence-corrected chi connectivity index (χ1v) is 3.90. The third kappa shape index (κ3) is 2.90. The Labute approximate surface area is 71.5 Å². The quantitative estimate of drug-likeness (QED) is 0.577. The van der Waals surface area contributed by atoms with Crippen molar-refractivity contribution in [1.29, 1.82) is 0 Å². The summed E-state index contributed by atoms with van der Waals surface area (Å²) < 4.78 is 0. The van der Waals surface area contributed by atoms with E-state index in [1.807, 2.05) is 12.1 Å². The lowest BCUT2D eigenvalue weighted by molar-refractivity contribution is 0.172. The molecule has 0 fully saturated rings. The van der Waals surface area contributed by atoms with E-state index in [4.69, 9.17) is 15.9 Å². The van der Waals surface area contributed by atoms with Gasteiger partial charge in [0, 0.05) is 0 Å². The number of nitrogens with two attached hydrogens (primary N) is 1. The number of aryl methyl sites for hydroxylation is 1. The molecule has 0 spiro atoms. The van der Waals surface area contributed by atoms with Gasteiger partial charge in [0.05, 0.1) is 0 Å². The molecule has 0 heterocycles. The van der Waals surface area contributed by atoms with Gasteiger partial charge in [-0.05, 0) is 30.5 Å². The van der Waals surface area contributed by atoms with Crippen molar-refractivity contribution in [3.63, 3.8) is 0 Å². The monoisotopic (exact) mass is 167 g/mol. The molecule has 1 aromatic carbocycles. The molecule has 3 nitrogen and oxygen atoms in total. The zero-order chi connectivity index (χ0) is 8.97. The van der Waals surface area contributed by atoms with Gasteiger partial charge < -0.3 is 15.9 Å². The summed E-state index contributed by atoms with van der Waals surface area (Å²) in [6, 6.07) is 6.88. The maximum Gasteiger partial charge on any atom is 0.115 e. The molecule has 1 atom stereocenters. The Balaban J connectivity index is 2.48. The van der Waals surface area contributed by atoms with Crippen molar-refractivity contribution in [2.24, 2.45) is 5.73 Å². The summed E-state index contributed by atoms with van der Waals surface area (Å²) in [5.74, 6) is 0.257. The van der Waals surface area contributed by atoms with Gasteiger partial charge in [-0.25, -0.2) is 0 Å². The molecule has 4 N–H and O–H groups in total. The summed E-state index contributed by atoms with van der Waals surface area (Å²) in [5, 5.41) is 17.8. The molecule has 1 rings (SSSR count). The minimum Gasteiger partial charge on any atom is -0.508 e. The third-order valence-corrected chi connectivity index (χ3v) is 1.67. The van der Waals surface area contributed by atoms with Crippen LogP contribution in [0.5, 0.6) is 5.75 Å². The number of phenolic OH excluding ortho intramolecular Hbond substituents is 1. The van der Waals surface area contributed by atoms with E-state index < -0.39 is 6.23 Å². The van der Waals surface area contributed by atoms with Crippen LogP contribution >= 0.6 is 0 Å². The molecule has 0 radical (unpaired) electrons. The Morgan fingerprint density at radius 2 is 1.83 bits per heavy atom. The van der Waals surface area contributed by atoms with Gasteiger partial charge in [0.1, 0.15) is 12.0 Å². The minimum atomic E-state index is -0.751. The summed E-state index contributed by atoms with van der Waals surface area (Å²) in [6.07, 6.45) is 0.529. The van der Waals surface area contributed by atoms with Gasteiger partial charge in [-0.2, -0.15) is 0 Å². The molecular weight excluding hydrogens is 154 g/mol. The maximum atomic E-state index is 8.96. The number of aromatic hydroxyl groups is 1. The molecule has 0 bridgehead atoms. The number of rotatable bonds is 3. The number of hydrogen-bond acceptors (Lipinski definition) is 3. The van der Waals surface area contributed by atoms with E-state index in [0.717, 1.165) is 12.0 Å². The molecule has 0 saturated heterocycles. The lowest BCUT2D eigenvalue weighted by Crippen LogP contribution is -2.19. The molecule has 0 aromatic heterocycles. The van der Waals surface area contributed by atoms with E-state index in [1.165, 1.54) is 0 Å². The Morgan fingerprint density at radius 1 is 1.25 bits per heavy atom. The number of hydrogen-bond donors (Lipinski definition) is 3. The number of phenols is 1. The van der Waals surface area contributed by atoms with Crippen molar-refractivity contribution in [3.05, 3.63) is 29.8 Å². The van der Waals surface area contributed by atoms with Crippen molar-refractivity contribution >= 4 is 0 Å². The maximum absolute atomic E-state index is 8.96. The molecule has 3 heteroatoms. The first kappa shape index (κ1) is 9.03. The summed E-state index contributed by atoms with van der Waals surface area (Å²) in [4.78, 5) is 0. The van der Waals surface area contributed by atoms with Crippen LogP contribution in [0.4, 0.5) is 0 Å². The normalized spacial score (nSPS) is 12.8. The number of aliphatic hydroxyl groups is 1. The fourth-order valence-electron chi connectivity index (χ4n) is 0.977. The second-order valence-corrected chi connectivity index (χ2v) is 2.77. The van der Waals surface area contributed by atoms with Crippen LogP contribution < -0.4 is 5.73 Å². The Kier molecular flexibility index (Phi) is 3.08. The highest BCUT2D eigenvalue weighted by Gasteiger charge is 1.97. The van der Waals surface area contributed by atoms with Gasteiger partial charge in [-0.3, -0.25) is 0 Å². The first-order chi connectivity index (χ1) is 5.68. The predicted octanol–water partition coefficient (Wildman–Crippen LogP) is 0.602. The van der Waals surface area contributed by atoms with Gasteiger partial charge in [0.2, 0.25) is 0 Å². The largest absolute Gasteiger partial charge is 0.508 e. The van der Waals surface area contributed by atoms with Crippen LogP contribution in [0.1, 0.15) is 12.0 Å². The van der Waals surface area contributed by atoms with Crippen LogP contribution in [0, 0.1) is 0 Å². The van der Waals surface area contributed by atoms with Gasteiger partial charge in [-0.15, -0.1) is 0 Å². The van der Waals surface area contributed by atoms with Crippen LogP contribution in [-0.4, -0.2) is 16.4 Å². The zero-order valence-corrected chi connectivity index (χ0v) is 6.77. The van der Waals surface area contributed by atoms with Gasteiger partial charge in [0.25, 0.3) is 0 Å². The smallest absolute Gasteiger partial charge is 0.115 e. The molecule has 0 aliphatic rings. The highest BCUT2D eigenvalue weighted by Crippen LogP contribution is 2.11. The Bertz CT molecular complexity index is 231. The van der Waals surface area contributed by atoms with Gasteiger partial charge in [-0.1, -0.05) is 12.1 Å². The van der Waals surface area contributed by atoms with Gasteiger partial charge >= 0.3 is 0 Å². The highest BCUT2D eigenvalue weighted by atomic mass is 16.3. The molecule has 1 unspecified atom stereocenters. The lowest BCUT2D eigenvalue weighted by atomic mass is 10.1. The van der Waals surface area contributed by atoms with E-state index in [9.17, 15) is 0 Å². The average molecular weight is 167 g/mol. The lowest BCUT2D eigenvalue weighted by Gasteiger charge is -2.03. The second-order valence-electron chi connectivity index (χ2n) is 2.77. The van der Waals surface area contributed by atoms with E-state index in [1.54, 1.807) is 12.1 Å². The van der Waals surface area contributed by atoms with Crippen LogP contribution in [0.3, 0.4) is 0 Å². The van der Waals surface area contributed by atoms with Crippen molar-refractivity contribution in [3.8, 4) is 5.75 Å². The molecule has 0 aliphatic carbocycles. The topological polar surface area (TPSA) is 66.5 Å². The summed E-state index contributed by atoms with van der Waals surface area (Å²) >= 11 is 0. The van der Waals surface area contributed by atoms with E-state index >= 15 is 0 Å². The van der Waals surface area contributed by atoms with Crippen molar-refractivity contribution in [2.75, 3.05) is 0 Å². The van der Waals surface area contributed by atoms with Crippen LogP contribution in [0.15, 0.2) is 24.3 Å². The molecule has 0 aliphatic heterocycles. The first-order valence-electron chi connectivity index (χ1n) is 3.90. The SMILES string of the molecule is NC(O)CCc1ccc(O)cc1. The van der Waals surface area contributed by atoms with Crippen molar-refractivity contribution < 1.29 is 10.2 Å². The van der Waals surface area contributed by atoms with E-state index in [2.05, 4.69) is 0 Å². The third-order valence-electron chi connectivity index (χ3n) is 1.67. The number of aliphatic hydroxyl groups excluding tert-OH is 1. The molecular formula is C9H13NO2. The fourth-order valence-corrected chi connectivity index (χ4v) is 0.977. The second kappa shape index (κ2) is 4.09. The highest BCUT2D eigenvalue weighted by molar-refractivity contribution is 5.25. The molecule has 0 saturated carbocycles. The standard InChI is InChI=1S/C9H13NO2/c10-9(12)6-3-7-1-4-8(11)5-2-7/h1-2,4-5,9,11-12H,3,6,10H2.